The van der Waals surface area contributed by atoms with Gasteiger partial charge in [0.05, 0.1) is 0 Å². The summed E-state index contributed by atoms with van der Waals surface area (Å²) >= 11 is 0. The molecule has 0 saturated heterocycles. The van der Waals surface area contributed by atoms with Crippen molar-refractivity contribution in [3.8, 4) is 5.75 Å². The third kappa shape index (κ3) is 16.0. The predicted octanol–water partition coefficient (Wildman–Crippen LogP) is -6.74. The summed E-state index contributed by atoms with van der Waals surface area (Å²) in [4.78, 5) is 8.33. The first-order valence-electron chi connectivity index (χ1n) is 3.16. The molecule has 0 aliphatic heterocycles. The van der Waals surface area contributed by atoms with Crippen molar-refractivity contribution in [3.05, 3.63) is 29.8 Å². The van der Waals surface area contributed by atoms with E-state index < -0.39 is 6.16 Å². The van der Waals surface area contributed by atoms with Crippen molar-refractivity contribution < 1.29 is 123 Å². The van der Waals surface area contributed by atoms with Gasteiger partial charge in [0.2, 0.25) is 0 Å². The molecular weight excluding hydrogens is 238 g/mol. The molecule has 0 bridgehead atoms. The molecule has 0 atom stereocenters. The number of aromatic hydroxyl groups is 1. The molecule has 0 aliphatic rings. The number of benzene rings is 1. The van der Waals surface area contributed by atoms with Gasteiger partial charge >= 0.3 is 103 Å². The van der Waals surface area contributed by atoms with Crippen molar-refractivity contribution in [1.29, 1.82) is 0 Å². The third-order valence-electron chi connectivity index (χ3n) is 1.03. The van der Waals surface area contributed by atoms with Crippen molar-refractivity contribution in [2.45, 2.75) is 6.92 Å². The molecule has 0 spiro atoms. The van der Waals surface area contributed by atoms with Crippen LogP contribution in [-0.2, 0) is 0 Å². The van der Waals surface area contributed by atoms with E-state index >= 15 is 0 Å². The molecule has 0 radical (unpaired) electrons. The van der Waals surface area contributed by atoms with Gasteiger partial charge in [0.25, 0.3) is 0 Å². The van der Waals surface area contributed by atoms with E-state index in [0.29, 0.717) is 5.75 Å². The summed E-state index contributed by atoms with van der Waals surface area (Å²) in [5.41, 5.74) is 1.17. The zero-order valence-electron chi connectivity index (χ0n) is 8.48. The van der Waals surface area contributed by atoms with Crippen LogP contribution in [0.5, 0.6) is 5.75 Å². The number of carbonyl (C=O) groups is 1. The van der Waals surface area contributed by atoms with E-state index in [2.05, 4.69) is 0 Å². The number of carboxylic acid groups (broad SMARTS) is 2. The van der Waals surface area contributed by atoms with E-state index in [1.165, 1.54) is 5.56 Å². The normalized spacial score (nSPS) is 6.93. The minimum absolute atomic E-state index is 0. The Morgan fingerprint density at radius 3 is 1.64 bits per heavy atom. The summed E-state index contributed by atoms with van der Waals surface area (Å²) in [6, 6.07) is 7.09. The van der Waals surface area contributed by atoms with E-state index in [0.717, 1.165) is 0 Å². The van der Waals surface area contributed by atoms with Crippen LogP contribution >= 0.6 is 0 Å². The van der Waals surface area contributed by atoms with Crippen LogP contribution < -0.4 is 113 Å². The summed E-state index contributed by atoms with van der Waals surface area (Å²) in [5, 5.41) is 25.4. The number of carbonyl (C=O) groups excluding carboxylic acids is 1. The zero-order valence-corrected chi connectivity index (χ0v) is 14.7. The van der Waals surface area contributed by atoms with E-state index in [4.69, 9.17) is 20.1 Å². The smallest absolute Gasteiger partial charge is 0.652 e. The molecule has 6 heteroatoms. The van der Waals surface area contributed by atoms with Gasteiger partial charge in [-0.2, -0.15) is 0 Å². The van der Waals surface area contributed by atoms with Gasteiger partial charge in [0.1, 0.15) is 5.75 Å². The second-order valence-corrected chi connectivity index (χ2v) is 2.09. The Balaban J connectivity index is -0.000000180. The monoisotopic (exact) mass is 246 g/mol. The topological polar surface area (TPSA) is 83.4 Å². The summed E-state index contributed by atoms with van der Waals surface area (Å²) < 4.78 is 0. The Bertz CT molecular complexity index is 223. The fourth-order valence-electron chi connectivity index (χ4n) is 0.545. The first-order valence-corrected chi connectivity index (χ1v) is 3.16. The van der Waals surface area contributed by atoms with E-state index in [1.807, 2.05) is 19.1 Å². The first-order chi connectivity index (χ1) is 5.52. The number of phenolic OH excluding ortho intramolecular Hbond substituents is 1. The van der Waals surface area contributed by atoms with Crippen LogP contribution in [0.3, 0.4) is 0 Å². The molecular formula is C8H8K2O4. The van der Waals surface area contributed by atoms with Crippen LogP contribution in [0.1, 0.15) is 5.56 Å². The van der Waals surface area contributed by atoms with Gasteiger partial charge in [0.15, 0.2) is 0 Å². The Morgan fingerprint density at radius 2 is 1.43 bits per heavy atom. The van der Waals surface area contributed by atoms with Crippen molar-refractivity contribution in [2.75, 3.05) is 0 Å². The molecule has 66 valence electrons. The maximum atomic E-state index is 8.76. The molecule has 1 rings (SSSR count). The van der Waals surface area contributed by atoms with E-state index in [9.17, 15) is 0 Å². The largest absolute Gasteiger partial charge is 1.00 e. The fraction of sp³-hybridized carbons (Fsp3) is 0.125. The molecule has 0 aliphatic carbocycles. The van der Waals surface area contributed by atoms with Crippen LogP contribution in [0.15, 0.2) is 24.3 Å². The molecule has 1 aromatic rings. The Hall–Kier alpha value is 1.56. The number of aryl methyl sites for hydroxylation is 1. The van der Waals surface area contributed by atoms with Crippen LogP contribution in [0.2, 0.25) is 0 Å². The van der Waals surface area contributed by atoms with Crippen LogP contribution in [0.4, 0.5) is 4.79 Å². The van der Waals surface area contributed by atoms with Gasteiger partial charge in [0, 0.05) is 0 Å². The fourth-order valence-corrected chi connectivity index (χ4v) is 0.545. The minimum Gasteiger partial charge on any atom is -0.652 e. The van der Waals surface area contributed by atoms with Gasteiger partial charge in [-0.05, 0) is 25.2 Å². The van der Waals surface area contributed by atoms with E-state index in [1.54, 1.807) is 12.1 Å². The van der Waals surface area contributed by atoms with Crippen LogP contribution in [0, 0.1) is 6.92 Å². The quantitative estimate of drug-likeness (QED) is 0.461. The van der Waals surface area contributed by atoms with Gasteiger partial charge in [-0.3, -0.25) is 0 Å². The van der Waals surface area contributed by atoms with Crippen molar-refractivity contribution in [2.24, 2.45) is 0 Å². The molecule has 14 heavy (non-hydrogen) atoms. The standard InChI is InChI=1S/C7H8O.CH2O3.2K/c1-6-2-4-7(8)5-3-6;2-1(3)4;;/h2-5,8H,1H3;(H2,2,3,4);;/q;;2*+1/p-2. The van der Waals surface area contributed by atoms with E-state index in [-0.39, 0.29) is 103 Å². The van der Waals surface area contributed by atoms with Crippen molar-refractivity contribution >= 4 is 6.16 Å². The van der Waals surface area contributed by atoms with Gasteiger partial charge < -0.3 is 20.1 Å². The Morgan fingerprint density at radius 1 is 1.14 bits per heavy atom. The molecule has 0 fully saturated rings. The summed E-state index contributed by atoms with van der Waals surface area (Å²) in [7, 11) is 0. The maximum absolute atomic E-state index is 8.76. The molecule has 4 nitrogen and oxygen atoms in total. The Labute approximate surface area is 168 Å². The second-order valence-electron chi connectivity index (χ2n) is 2.09. The average Bonchev–Trinajstić information content (AvgIpc) is 1.94. The third-order valence-corrected chi connectivity index (χ3v) is 1.03. The zero-order chi connectivity index (χ0) is 9.56. The molecule has 0 aromatic heterocycles. The number of rotatable bonds is 0. The Kier molecular flexibility index (Phi) is 18.9. The maximum Gasteiger partial charge on any atom is 1.00 e. The molecule has 0 saturated carbocycles. The van der Waals surface area contributed by atoms with Gasteiger partial charge in [-0.25, -0.2) is 0 Å². The van der Waals surface area contributed by atoms with Gasteiger partial charge in [-0.1, -0.05) is 17.7 Å². The predicted molar refractivity (Wildman–Crippen MR) is 38.2 cm³/mol. The molecule has 0 unspecified atom stereocenters. The minimum atomic E-state index is -2.33. The molecule has 0 heterocycles. The summed E-state index contributed by atoms with van der Waals surface area (Å²) in [5.74, 6) is 0.329. The van der Waals surface area contributed by atoms with Gasteiger partial charge in [-0.15, -0.1) is 0 Å². The van der Waals surface area contributed by atoms with Crippen molar-refractivity contribution in [1.82, 2.24) is 0 Å². The summed E-state index contributed by atoms with van der Waals surface area (Å²) in [6.07, 6.45) is -2.33. The number of hydrogen-bond acceptors (Lipinski definition) is 4. The molecule has 1 N–H and O–H groups in total. The average molecular weight is 246 g/mol. The molecule has 1 aromatic carbocycles. The van der Waals surface area contributed by atoms with Crippen LogP contribution in [0.25, 0.3) is 0 Å². The second kappa shape index (κ2) is 12.6. The SMILES string of the molecule is Cc1ccc(O)cc1.O=C([O-])[O-].[K+].[K+]. The first kappa shape index (κ1) is 20.9. The van der Waals surface area contributed by atoms with Crippen LogP contribution in [-0.4, -0.2) is 11.3 Å². The molecule has 0 amide bonds. The number of phenols is 1. The van der Waals surface area contributed by atoms with Crippen molar-refractivity contribution in [3.63, 3.8) is 0 Å². The summed E-state index contributed by atoms with van der Waals surface area (Å²) in [6.45, 7) is 1.99. The number of hydrogen-bond donors (Lipinski definition) is 1.